The number of carbonyl (C=O) groups is 1. The number of aromatic nitrogens is 2. The van der Waals surface area contributed by atoms with Crippen LogP contribution in [0.2, 0.25) is 5.15 Å². The highest BCUT2D eigenvalue weighted by molar-refractivity contribution is 6.32. The Labute approximate surface area is 146 Å². The maximum atomic E-state index is 12.7. The fraction of sp³-hybridized carbons (Fsp3) is 0.765. The van der Waals surface area contributed by atoms with Crippen molar-refractivity contribution in [1.29, 1.82) is 0 Å². The molecule has 0 radical (unpaired) electrons. The minimum Gasteiger partial charge on any atom is -0.390 e. The van der Waals surface area contributed by atoms with Gasteiger partial charge in [-0.25, -0.2) is 0 Å². The third-order valence-electron chi connectivity index (χ3n) is 6.07. The first kappa shape index (κ1) is 16.4. The molecular weight excluding hydrogens is 330 g/mol. The number of aliphatic hydroxyl groups is 1. The third-order valence-corrected chi connectivity index (χ3v) is 6.46. The summed E-state index contributed by atoms with van der Waals surface area (Å²) in [5, 5.41) is 18.4. The van der Waals surface area contributed by atoms with Gasteiger partial charge in [-0.05, 0) is 49.9 Å². The molecule has 0 spiro atoms. The summed E-state index contributed by atoms with van der Waals surface area (Å²) < 4.78 is 6.61. The van der Waals surface area contributed by atoms with Crippen LogP contribution in [0, 0.1) is 17.8 Å². The van der Waals surface area contributed by atoms with Gasteiger partial charge < -0.3 is 15.2 Å². The minimum absolute atomic E-state index is 0.146. The van der Waals surface area contributed by atoms with Crippen LogP contribution in [0.3, 0.4) is 0 Å². The summed E-state index contributed by atoms with van der Waals surface area (Å²) in [5.74, 6) is 1.23. The van der Waals surface area contributed by atoms with Gasteiger partial charge in [-0.1, -0.05) is 11.6 Å². The zero-order chi connectivity index (χ0) is 16.9. The van der Waals surface area contributed by atoms with Crippen LogP contribution in [0.5, 0.6) is 0 Å². The topological polar surface area (TPSA) is 76.4 Å². The highest BCUT2D eigenvalue weighted by Gasteiger charge is 2.55. The molecule has 2 N–H and O–H groups in total. The molecule has 0 aliphatic heterocycles. The average Bonchev–Trinajstić information content (AvgIpc) is 2.88. The molecule has 5 rings (SSSR count). The quantitative estimate of drug-likeness (QED) is 0.847. The van der Waals surface area contributed by atoms with Crippen molar-refractivity contribution in [3.63, 3.8) is 0 Å². The van der Waals surface area contributed by atoms with E-state index >= 15 is 0 Å². The second-order valence-corrected chi connectivity index (χ2v) is 8.12. The summed E-state index contributed by atoms with van der Waals surface area (Å²) in [5.41, 5.74) is -0.0688. The van der Waals surface area contributed by atoms with Crippen LogP contribution in [0.15, 0.2) is 6.20 Å². The summed E-state index contributed by atoms with van der Waals surface area (Å²) in [6, 6.07) is 0.146. The van der Waals surface area contributed by atoms with Gasteiger partial charge in [0.15, 0.2) is 0 Å². The molecule has 1 aromatic heterocycles. The van der Waals surface area contributed by atoms with E-state index in [-0.39, 0.29) is 11.9 Å². The second-order valence-electron chi connectivity index (χ2n) is 7.76. The van der Waals surface area contributed by atoms with E-state index in [4.69, 9.17) is 16.3 Å². The van der Waals surface area contributed by atoms with E-state index in [1.165, 1.54) is 6.20 Å². The number of nitrogens with zero attached hydrogens (tertiary/aromatic N) is 2. The van der Waals surface area contributed by atoms with Crippen molar-refractivity contribution in [3.8, 4) is 0 Å². The van der Waals surface area contributed by atoms with E-state index < -0.39 is 5.60 Å². The number of amides is 1. The summed E-state index contributed by atoms with van der Waals surface area (Å²) in [6.45, 7) is 1.02. The molecule has 3 unspecified atom stereocenters. The van der Waals surface area contributed by atoms with Gasteiger partial charge in [-0.3, -0.25) is 9.48 Å². The van der Waals surface area contributed by atoms with Gasteiger partial charge in [0.2, 0.25) is 0 Å². The summed E-state index contributed by atoms with van der Waals surface area (Å²) in [7, 11) is 1.62. The van der Waals surface area contributed by atoms with Gasteiger partial charge in [0.1, 0.15) is 5.15 Å². The van der Waals surface area contributed by atoms with E-state index in [2.05, 4.69) is 10.4 Å². The van der Waals surface area contributed by atoms with Crippen molar-refractivity contribution in [3.05, 3.63) is 16.9 Å². The van der Waals surface area contributed by atoms with Gasteiger partial charge >= 0.3 is 0 Å². The van der Waals surface area contributed by atoms with Gasteiger partial charge in [0.25, 0.3) is 5.91 Å². The number of carbonyl (C=O) groups excluding carboxylic acids is 1. The number of ether oxygens (including phenoxy) is 1. The van der Waals surface area contributed by atoms with Crippen LogP contribution in [-0.2, 0) is 11.3 Å². The van der Waals surface area contributed by atoms with Crippen LogP contribution >= 0.6 is 11.6 Å². The number of methoxy groups -OCH3 is 1. The molecule has 24 heavy (non-hydrogen) atoms. The van der Waals surface area contributed by atoms with Crippen LogP contribution in [0.4, 0.5) is 0 Å². The molecule has 4 aliphatic rings. The van der Waals surface area contributed by atoms with E-state index in [1.54, 1.807) is 11.8 Å². The first-order valence-corrected chi connectivity index (χ1v) is 9.10. The number of hydrogen-bond donors (Lipinski definition) is 2. The molecule has 6 nitrogen and oxygen atoms in total. The van der Waals surface area contributed by atoms with Crippen LogP contribution in [0.25, 0.3) is 0 Å². The lowest BCUT2D eigenvalue weighted by Gasteiger charge is -2.58. The standard InChI is InChI=1S/C17H24ClN3O3/c1-24-3-2-21-15(18)13(9-19-21)16(22)20-14-11-4-10-5-12(14)8-17(23,6-10)7-11/h9-12,14,23H,2-8H2,1H3,(H,20,22)/t10?,11-,12+,14?,17?. The molecule has 4 saturated carbocycles. The molecular formula is C17H24ClN3O3. The lowest BCUT2D eigenvalue weighted by atomic mass is 9.52. The normalized spacial score (nSPS) is 37.0. The second kappa shape index (κ2) is 6.00. The van der Waals surface area contributed by atoms with Crippen molar-refractivity contribution < 1.29 is 14.6 Å². The zero-order valence-corrected chi connectivity index (χ0v) is 14.6. The molecule has 0 aromatic carbocycles. The predicted molar refractivity (Wildman–Crippen MR) is 88.9 cm³/mol. The molecule has 4 bridgehead atoms. The Kier molecular flexibility index (Phi) is 4.09. The fourth-order valence-corrected chi connectivity index (χ4v) is 5.57. The fourth-order valence-electron chi connectivity index (χ4n) is 5.30. The predicted octanol–water partition coefficient (Wildman–Crippen LogP) is 1.85. The third kappa shape index (κ3) is 2.74. The Morgan fingerprint density at radius 2 is 2.17 bits per heavy atom. The molecule has 132 valence electrons. The molecule has 1 heterocycles. The zero-order valence-electron chi connectivity index (χ0n) is 13.9. The molecule has 1 amide bonds. The molecule has 5 atom stereocenters. The number of rotatable bonds is 5. The maximum Gasteiger partial charge on any atom is 0.256 e. The smallest absolute Gasteiger partial charge is 0.256 e. The lowest BCUT2D eigenvalue weighted by molar-refractivity contribution is -0.136. The van der Waals surface area contributed by atoms with E-state index in [0.717, 1.165) is 32.1 Å². The van der Waals surface area contributed by atoms with Crippen LogP contribution < -0.4 is 5.32 Å². The molecule has 7 heteroatoms. The lowest BCUT2D eigenvalue weighted by Crippen LogP contribution is -2.61. The largest absolute Gasteiger partial charge is 0.390 e. The van der Waals surface area contributed by atoms with Crippen molar-refractivity contribution in [2.24, 2.45) is 17.8 Å². The number of halogens is 1. The average molecular weight is 354 g/mol. The van der Waals surface area contributed by atoms with Gasteiger partial charge in [0.05, 0.1) is 30.5 Å². The monoisotopic (exact) mass is 353 g/mol. The Balaban J connectivity index is 1.46. The van der Waals surface area contributed by atoms with Gasteiger partial charge in [-0.15, -0.1) is 0 Å². The van der Waals surface area contributed by atoms with E-state index in [0.29, 0.717) is 41.6 Å². The van der Waals surface area contributed by atoms with E-state index in [1.807, 2.05) is 0 Å². The number of hydrogen-bond acceptors (Lipinski definition) is 4. The Hall–Kier alpha value is -1.11. The summed E-state index contributed by atoms with van der Waals surface area (Å²) >= 11 is 6.29. The molecule has 4 fully saturated rings. The maximum absolute atomic E-state index is 12.7. The summed E-state index contributed by atoms with van der Waals surface area (Å²) in [6.07, 6.45) is 6.32. The SMILES string of the molecule is COCCn1ncc(C(=O)NC2[C@@H]3CC4C[C@H]2CC(O)(C4)C3)c1Cl. The molecule has 4 aliphatic carbocycles. The highest BCUT2D eigenvalue weighted by Crippen LogP contribution is 2.55. The van der Waals surface area contributed by atoms with E-state index in [9.17, 15) is 9.90 Å². The minimum atomic E-state index is -0.486. The summed E-state index contributed by atoms with van der Waals surface area (Å²) in [4.78, 5) is 12.7. The molecule has 1 aromatic rings. The first-order valence-electron chi connectivity index (χ1n) is 8.72. The first-order chi connectivity index (χ1) is 11.5. The van der Waals surface area contributed by atoms with Crippen molar-refractivity contribution in [2.45, 2.75) is 50.3 Å². The van der Waals surface area contributed by atoms with Gasteiger partial charge in [0, 0.05) is 13.2 Å². The van der Waals surface area contributed by atoms with Crippen molar-refractivity contribution in [2.75, 3.05) is 13.7 Å². The Morgan fingerprint density at radius 3 is 2.79 bits per heavy atom. The van der Waals surface area contributed by atoms with Crippen LogP contribution in [0.1, 0.15) is 42.5 Å². The van der Waals surface area contributed by atoms with Crippen LogP contribution in [-0.4, -0.2) is 46.2 Å². The van der Waals surface area contributed by atoms with Gasteiger partial charge in [-0.2, -0.15) is 5.10 Å². The highest BCUT2D eigenvalue weighted by atomic mass is 35.5. The number of nitrogens with one attached hydrogen (secondary N) is 1. The Morgan fingerprint density at radius 1 is 1.46 bits per heavy atom. The molecule has 0 saturated heterocycles. The van der Waals surface area contributed by atoms with Crippen molar-refractivity contribution >= 4 is 17.5 Å². The van der Waals surface area contributed by atoms with Crippen molar-refractivity contribution in [1.82, 2.24) is 15.1 Å². The Bertz CT molecular complexity index is 631.